The molecule has 5 heteroatoms. The first-order valence-corrected chi connectivity index (χ1v) is 8.39. The summed E-state index contributed by atoms with van der Waals surface area (Å²) in [6.45, 7) is 4.34. The summed E-state index contributed by atoms with van der Waals surface area (Å²) < 4.78 is 1.09. The molecule has 22 heavy (non-hydrogen) atoms. The van der Waals surface area contributed by atoms with Crippen LogP contribution < -0.4 is 0 Å². The first-order chi connectivity index (χ1) is 10.6. The number of benzene rings is 1. The number of aromatic amines is 1. The van der Waals surface area contributed by atoms with Gasteiger partial charge in [-0.3, -0.25) is 4.98 Å². The molecular formula is C17H14ClN3S. The molecule has 110 valence electrons. The Kier molecular flexibility index (Phi) is 3.17. The van der Waals surface area contributed by atoms with Crippen LogP contribution in [0, 0.1) is 0 Å². The molecule has 3 nitrogen and oxygen atoms in total. The van der Waals surface area contributed by atoms with Crippen molar-refractivity contribution in [1.29, 1.82) is 0 Å². The first-order valence-electron chi connectivity index (χ1n) is 7.13. The molecule has 3 aromatic heterocycles. The summed E-state index contributed by atoms with van der Waals surface area (Å²) in [4.78, 5) is 12.3. The van der Waals surface area contributed by atoms with Crippen molar-refractivity contribution in [3.8, 4) is 11.3 Å². The zero-order chi connectivity index (χ0) is 15.3. The molecule has 4 rings (SSSR count). The topological polar surface area (TPSA) is 41.6 Å². The Hall–Kier alpha value is -1.91. The minimum absolute atomic E-state index is 0.458. The van der Waals surface area contributed by atoms with Crippen LogP contribution in [-0.4, -0.2) is 15.0 Å². The Bertz CT molecular complexity index is 984. The molecule has 1 aromatic carbocycles. The number of nitrogens with one attached hydrogen (secondary N) is 1. The lowest BCUT2D eigenvalue weighted by Crippen LogP contribution is -1.86. The van der Waals surface area contributed by atoms with E-state index in [-0.39, 0.29) is 0 Å². The zero-order valence-corrected chi connectivity index (χ0v) is 13.8. The summed E-state index contributed by atoms with van der Waals surface area (Å²) in [7, 11) is 0. The van der Waals surface area contributed by atoms with Gasteiger partial charge in [0, 0.05) is 28.4 Å². The highest BCUT2D eigenvalue weighted by atomic mass is 35.5. The van der Waals surface area contributed by atoms with E-state index in [1.807, 2.05) is 23.8 Å². The average Bonchev–Trinajstić information content (AvgIpc) is 3.11. The van der Waals surface area contributed by atoms with Crippen LogP contribution in [0.15, 0.2) is 36.0 Å². The molecule has 3 heterocycles. The summed E-state index contributed by atoms with van der Waals surface area (Å²) in [6, 6.07) is 8.23. The average molecular weight is 328 g/mol. The highest BCUT2D eigenvalue weighted by Crippen LogP contribution is 2.33. The van der Waals surface area contributed by atoms with E-state index < -0.39 is 0 Å². The fourth-order valence-corrected chi connectivity index (χ4v) is 3.49. The van der Waals surface area contributed by atoms with E-state index in [1.165, 1.54) is 5.69 Å². The fraction of sp³-hybridized carbons (Fsp3) is 0.176. The Morgan fingerprint density at radius 2 is 2.00 bits per heavy atom. The van der Waals surface area contributed by atoms with Crippen LogP contribution >= 0.6 is 22.9 Å². The second-order valence-electron chi connectivity index (χ2n) is 5.69. The van der Waals surface area contributed by atoms with Gasteiger partial charge in [-0.1, -0.05) is 25.4 Å². The summed E-state index contributed by atoms with van der Waals surface area (Å²) >= 11 is 8.07. The number of H-pyrrole nitrogens is 1. The number of hydrogen-bond donors (Lipinski definition) is 1. The third-order valence-corrected chi connectivity index (χ3v) is 4.94. The van der Waals surface area contributed by atoms with Crippen LogP contribution in [0.2, 0.25) is 5.02 Å². The quantitative estimate of drug-likeness (QED) is 0.519. The zero-order valence-electron chi connectivity index (χ0n) is 12.2. The molecule has 0 radical (unpaired) electrons. The van der Waals surface area contributed by atoms with Crippen LogP contribution in [0.1, 0.15) is 25.5 Å². The van der Waals surface area contributed by atoms with Crippen LogP contribution in [-0.2, 0) is 0 Å². The smallest absolute Gasteiger partial charge is 0.0849 e. The van der Waals surface area contributed by atoms with Gasteiger partial charge in [-0.15, -0.1) is 11.3 Å². The van der Waals surface area contributed by atoms with Gasteiger partial charge in [-0.05, 0) is 30.2 Å². The van der Waals surface area contributed by atoms with Crippen LogP contribution in [0.25, 0.3) is 32.4 Å². The summed E-state index contributed by atoms with van der Waals surface area (Å²) in [6.07, 6.45) is 1.86. The molecule has 0 atom stereocenters. The van der Waals surface area contributed by atoms with Gasteiger partial charge in [-0.25, -0.2) is 4.98 Å². The SMILES string of the molecule is CC(C)c1cc2cc(Cl)c(-c3cc4ncsc4cn3)cc2[nH]1. The minimum atomic E-state index is 0.458. The van der Waals surface area contributed by atoms with Gasteiger partial charge < -0.3 is 4.98 Å². The predicted octanol–water partition coefficient (Wildman–Crippen LogP) is 5.62. The molecule has 0 aliphatic heterocycles. The van der Waals surface area contributed by atoms with E-state index in [0.29, 0.717) is 10.9 Å². The van der Waals surface area contributed by atoms with Gasteiger partial charge in [0.2, 0.25) is 0 Å². The van der Waals surface area contributed by atoms with E-state index in [0.717, 1.165) is 32.4 Å². The number of hydrogen-bond acceptors (Lipinski definition) is 3. The number of rotatable bonds is 2. The lowest BCUT2D eigenvalue weighted by molar-refractivity contribution is 0.836. The van der Waals surface area contributed by atoms with E-state index in [9.17, 15) is 0 Å². The highest BCUT2D eigenvalue weighted by Gasteiger charge is 2.11. The molecule has 0 unspecified atom stereocenters. The van der Waals surface area contributed by atoms with Gasteiger partial charge >= 0.3 is 0 Å². The van der Waals surface area contributed by atoms with Crippen molar-refractivity contribution in [3.05, 3.63) is 46.7 Å². The molecule has 0 saturated heterocycles. The first kappa shape index (κ1) is 13.7. The molecule has 1 N–H and O–H groups in total. The monoisotopic (exact) mass is 327 g/mol. The Balaban J connectivity index is 1.91. The van der Waals surface area contributed by atoms with E-state index in [2.05, 4.69) is 40.9 Å². The third kappa shape index (κ3) is 2.19. The van der Waals surface area contributed by atoms with Crippen molar-refractivity contribution in [2.24, 2.45) is 0 Å². The predicted molar refractivity (Wildman–Crippen MR) is 93.8 cm³/mol. The molecule has 0 amide bonds. The Morgan fingerprint density at radius 3 is 2.82 bits per heavy atom. The largest absolute Gasteiger partial charge is 0.358 e. The molecule has 0 fully saturated rings. The van der Waals surface area contributed by atoms with E-state index in [4.69, 9.17) is 11.6 Å². The van der Waals surface area contributed by atoms with Crippen molar-refractivity contribution in [2.75, 3.05) is 0 Å². The number of pyridine rings is 1. The number of nitrogens with zero attached hydrogens (tertiary/aromatic N) is 2. The van der Waals surface area contributed by atoms with Crippen molar-refractivity contribution in [2.45, 2.75) is 19.8 Å². The molecule has 0 aliphatic carbocycles. The lowest BCUT2D eigenvalue weighted by atomic mass is 10.1. The molecule has 4 aromatic rings. The van der Waals surface area contributed by atoms with E-state index in [1.54, 1.807) is 11.3 Å². The molecule has 0 saturated carbocycles. The molecule has 0 spiro atoms. The maximum atomic E-state index is 6.48. The maximum Gasteiger partial charge on any atom is 0.0849 e. The van der Waals surface area contributed by atoms with Gasteiger partial charge in [0.1, 0.15) is 0 Å². The lowest BCUT2D eigenvalue weighted by Gasteiger charge is -2.04. The van der Waals surface area contributed by atoms with Gasteiger partial charge in [-0.2, -0.15) is 0 Å². The van der Waals surface area contributed by atoms with Crippen LogP contribution in [0.4, 0.5) is 0 Å². The van der Waals surface area contributed by atoms with Crippen molar-refractivity contribution in [1.82, 2.24) is 15.0 Å². The molecule has 0 aliphatic rings. The summed E-state index contributed by atoms with van der Waals surface area (Å²) in [5.41, 5.74) is 6.88. The normalized spacial score (nSPS) is 11.8. The Labute approximate surface area is 137 Å². The number of thiazole rings is 1. The second kappa shape index (κ2) is 5.07. The number of halogens is 1. The minimum Gasteiger partial charge on any atom is -0.358 e. The van der Waals surface area contributed by atoms with E-state index >= 15 is 0 Å². The molecule has 0 bridgehead atoms. The van der Waals surface area contributed by atoms with Gasteiger partial charge in [0.25, 0.3) is 0 Å². The summed E-state index contributed by atoms with van der Waals surface area (Å²) in [5.74, 6) is 0.458. The summed E-state index contributed by atoms with van der Waals surface area (Å²) in [5, 5.41) is 1.84. The second-order valence-corrected chi connectivity index (χ2v) is 6.98. The maximum absolute atomic E-state index is 6.48. The standard InChI is InChI=1S/C17H14ClN3S/c1-9(2)13-4-10-3-12(18)11(5-14(10)21-13)15-6-16-17(7-19-15)22-8-20-16/h3-9,21H,1-2H3. The Morgan fingerprint density at radius 1 is 1.14 bits per heavy atom. The third-order valence-electron chi connectivity index (χ3n) is 3.85. The van der Waals surface area contributed by atoms with Crippen molar-refractivity contribution >= 4 is 44.1 Å². The van der Waals surface area contributed by atoms with Crippen molar-refractivity contribution < 1.29 is 0 Å². The van der Waals surface area contributed by atoms with Gasteiger partial charge in [0.05, 0.1) is 26.4 Å². The fourth-order valence-electron chi connectivity index (χ4n) is 2.59. The molecular weight excluding hydrogens is 314 g/mol. The number of fused-ring (bicyclic) bond motifs is 2. The van der Waals surface area contributed by atoms with Crippen LogP contribution in [0.3, 0.4) is 0 Å². The van der Waals surface area contributed by atoms with Crippen molar-refractivity contribution in [3.63, 3.8) is 0 Å². The number of aromatic nitrogens is 3. The van der Waals surface area contributed by atoms with Gasteiger partial charge in [0.15, 0.2) is 0 Å². The highest BCUT2D eigenvalue weighted by molar-refractivity contribution is 7.16. The van der Waals surface area contributed by atoms with Crippen LogP contribution in [0.5, 0.6) is 0 Å².